The quantitative estimate of drug-likeness (QED) is 0.373. The van der Waals surface area contributed by atoms with Gasteiger partial charge in [-0.25, -0.2) is 9.78 Å². The molecule has 0 aliphatic rings. The van der Waals surface area contributed by atoms with Crippen LogP contribution >= 0.6 is 0 Å². The molecule has 0 saturated carbocycles. The number of amides is 1. The minimum absolute atomic E-state index is 0. The predicted octanol–water partition coefficient (Wildman–Crippen LogP) is -3.68. The summed E-state index contributed by atoms with van der Waals surface area (Å²) < 4.78 is 0.944. The molecule has 9 heavy (non-hydrogen) atoms. The van der Waals surface area contributed by atoms with Crippen LogP contribution in [0.4, 0.5) is 4.79 Å². The normalized spacial score (nSPS) is 8.00. The zero-order valence-corrected chi connectivity index (χ0v) is 6.98. The van der Waals surface area contributed by atoms with E-state index in [4.69, 9.17) is 5.73 Å². The maximum Gasteiger partial charge on any atom is 1.00 e. The number of primary amides is 1. The second-order valence-electron chi connectivity index (χ2n) is 1.18. The Balaban J connectivity index is 0. The van der Waals surface area contributed by atoms with Crippen LogP contribution in [0.25, 0.3) is 0 Å². The second-order valence-corrected chi connectivity index (χ2v) is 1.18. The van der Waals surface area contributed by atoms with Crippen LogP contribution in [0.15, 0.2) is 12.7 Å². The summed E-state index contributed by atoms with van der Waals surface area (Å²) in [5, 5.41) is 3.45. The Morgan fingerprint density at radius 2 is 2.44 bits per heavy atom. The molecule has 0 aliphatic carbocycles. The monoisotopic (exact) mass is 136 g/mol. The van der Waals surface area contributed by atoms with Crippen molar-refractivity contribution in [3.8, 4) is 0 Å². The van der Waals surface area contributed by atoms with Crippen LogP contribution in [0.1, 0.15) is 1.43 Å². The van der Waals surface area contributed by atoms with Gasteiger partial charge in [0.1, 0.15) is 12.7 Å². The van der Waals surface area contributed by atoms with Crippen LogP contribution in [0, 0.1) is 0 Å². The first-order valence-electron chi connectivity index (χ1n) is 1.95. The summed E-state index contributed by atoms with van der Waals surface area (Å²) in [4.78, 5) is 13.6. The smallest absolute Gasteiger partial charge is 1.00 e. The zero-order chi connectivity index (χ0) is 5.98. The van der Waals surface area contributed by atoms with E-state index < -0.39 is 6.03 Å². The molecule has 6 heteroatoms. The molecule has 44 valence electrons. The molecule has 0 saturated heterocycles. The van der Waals surface area contributed by atoms with Crippen LogP contribution in [-0.4, -0.2) is 20.8 Å². The zero-order valence-electron chi connectivity index (χ0n) is 5.98. The van der Waals surface area contributed by atoms with Crippen molar-refractivity contribution in [2.75, 3.05) is 0 Å². The summed E-state index contributed by atoms with van der Waals surface area (Å²) >= 11 is 0. The van der Waals surface area contributed by atoms with Gasteiger partial charge in [0.2, 0.25) is 0 Å². The van der Waals surface area contributed by atoms with E-state index >= 15 is 0 Å². The SMILES string of the molecule is NC(=O)n1cncn1.[H-].[Na+]. The molecule has 1 aromatic heterocycles. The van der Waals surface area contributed by atoms with Crippen molar-refractivity contribution in [2.45, 2.75) is 0 Å². The van der Waals surface area contributed by atoms with Gasteiger partial charge >= 0.3 is 35.6 Å². The average molecular weight is 136 g/mol. The molecule has 0 aromatic carbocycles. The van der Waals surface area contributed by atoms with Crippen LogP contribution in [-0.2, 0) is 0 Å². The van der Waals surface area contributed by atoms with E-state index in [9.17, 15) is 4.79 Å². The number of hydrogen-bond acceptors (Lipinski definition) is 3. The van der Waals surface area contributed by atoms with E-state index in [1.807, 2.05) is 0 Å². The Bertz CT molecular complexity index is 188. The van der Waals surface area contributed by atoms with Gasteiger partial charge in [0, 0.05) is 0 Å². The summed E-state index contributed by atoms with van der Waals surface area (Å²) in [5.74, 6) is 0. The minimum Gasteiger partial charge on any atom is -1.00 e. The molecule has 0 radical (unpaired) electrons. The van der Waals surface area contributed by atoms with E-state index in [0.29, 0.717) is 0 Å². The number of hydrogen-bond donors (Lipinski definition) is 1. The fourth-order valence-electron chi connectivity index (χ4n) is 0.322. The number of carbonyl (C=O) groups is 1. The van der Waals surface area contributed by atoms with Crippen molar-refractivity contribution in [1.82, 2.24) is 14.8 Å². The third-order valence-corrected chi connectivity index (χ3v) is 0.645. The van der Waals surface area contributed by atoms with E-state index in [0.717, 1.165) is 4.68 Å². The van der Waals surface area contributed by atoms with Gasteiger partial charge in [-0.05, 0) is 0 Å². The van der Waals surface area contributed by atoms with Crippen molar-refractivity contribution in [3.63, 3.8) is 0 Å². The van der Waals surface area contributed by atoms with Crippen LogP contribution in [0.3, 0.4) is 0 Å². The number of aromatic nitrogens is 3. The van der Waals surface area contributed by atoms with Gasteiger partial charge in [-0.1, -0.05) is 0 Å². The van der Waals surface area contributed by atoms with Crippen molar-refractivity contribution in [3.05, 3.63) is 12.7 Å². The van der Waals surface area contributed by atoms with Crippen LogP contribution in [0.5, 0.6) is 0 Å². The van der Waals surface area contributed by atoms with Gasteiger partial charge in [0.15, 0.2) is 0 Å². The van der Waals surface area contributed by atoms with Crippen molar-refractivity contribution in [2.24, 2.45) is 5.73 Å². The Morgan fingerprint density at radius 1 is 1.78 bits per heavy atom. The molecule has 1 aromatic rings. The second kappa shape index (κ2) is 3.60. The Morgan fingerprint density at radius 3 is 2.67 bits per heavy atom. The first kappa shape index (κ1) is 8.61. The van der Waals surface area contributed by atoms with E-state index in [1.54, 1.807) is 0 Å². The molecule has 1 amide bonds. The molecule has 0 bridgehead atoms. The summed E-state index contributed by atoms with van der Waals surface area (Å²) in [6, 6.07) is -0.623. The summed E-state index contributed by atoms with van der Waals surface area (Å²) in [7, 11) is 0. The third kappa shape index (κ3) is 2.13. The van der Waals surface area contributed by atoms with Gasteiger partial charge in [-0.3, -0.25) is 0 Å². The topological polar surface area (TPSA) is 73.8 Å². The summed E-state index contributed by atoms with van der Waals surface area (Å²) in [5.41, 5.74) is 4.78. The molecule has 0 atom stereocenters. The molecule has 0 spiro atoms. The first-order chi connectivity index (χ1) is 3.80. The number of carbonyl (C=O) groups excluding carboxylic acids is 1. The van der Waals surface area contributed by atoms with Crippen molar-refractivity contribution in [1.29, 1.82) is 0 Å². The van der Waals surface area contributed by atoms with Crippen LogP contribution < -0.4 is 35.3 Å². The molecule has 0 aliphatic heterocycles. The van der Waals surface area contributed by atoms with Gasteiger partial charge < -0.3 is 7.16 Å². The number of nitrogens with zero attached hydrogens (tertiary/aromatic N) is 3. The van der Waals surface area contributed by atoms with Gasteiger partial charge in [0.05, 0.1) is 0 Å². The average Bonchev–Trinajstić information content (AvgIpc) is 2.12. The minimum atomic E-state index is -0.623. The molecule has 1 heterocycles. The molecular formula is C3H5N4NaO. The maximum atomic E-state index is 10.1. The summed E-state index contributed by atoms with van der Waals surface area (Å²) in [6.45, 7) is 0. The number of rotatable bonds is 0. The van der Waals surface area contributed by atoms with Crippen molar-refractivity contribution < 1.29 is 35.8 Å². The standard InChI is InChI=1S/C3H4N4O.Na.H/c4-3(8)7-2-5-1-6-7;;/h1-2H,(H2,4,8);;/q;+1;-1. The van der Waals surface area contributed by atoms with Gasteiger partial charge in [-0.15, -0.1) is 0 Å². The van der Waals surface area contributed by atoms with Gasteiger partial charge in [-0.2, -0.15) is 9.78 Å². The first-order valence-corrected chi connectivity index (χ1v) is 1.95. The van der Waals surface area contributed by atoms with Crippen molar-refractivity contribution >= 4 is 6.03 Å². The predicted molar refractivity (Wildman–Crippen MR) is 26.1 cm³/mol. The third-order valence-electron chi connectivity index (χ3n) is 0.645. The van der Waals surface area contributed by atoms with E-state index in [1.165, 1.54) is 12.7 Å². The fraction of sp³-hybridized carbons (Fsp3) is 0. The van der Waals surface area contributed by atoms with Gasteiger partial charge in [0.25, 0.3) is 0 Å². The molecule has 0 fully saturated rings. The van der Waals surface area contributed by atoms with E-state index in [-0.39, 0.29) is 31.0 Å². The van der Waals surface area contributed by atoms with E-state index in [2.05, 4.69) is 10.1 Å². The Kier molecular flexibility index (Phi) is 3.44. The maximum absolute atomic E-state index is 10.1. The Hall–Kier alpha value is -0.390. The molecule has 0 unspecified atom stereocenters. The molecular weight excluding hydrogens is 131 g/mol. The van der Waals surface area contributed by atoms with Crippen LogP contribution in [0.2, 0.25) is 0 Å². The molecule has 5 nitrogen and oxygen atoms in total. The summed E-state index contributed by atoms with van der Waals surface area (Å²) in [6.07, 6.45) is 2.48. The Labute approximate surface area is 75.0 Å². The number of nitrogens with two attached hydrogens (primary N) is 1. The molecule has 2 N–H and O–H groups in total. The largest absolute Gasteiger partial charge is 1.00 e. The molecule has 1 rings (SSSR count). The fourth-order valence-corrected chi connectivity index (χ4v) is 0.322.